The molecule has 0 saturated carbocycles. The van der Waals surface area contributed by atoms with E-state index in [-0.39, 0.29) is 12.4 Å². The molecule has 0 aromatic heterocycles. The van der Waals surface area contributed by atoms with Crippen molar-refractivity contribution < 1.29 is 0 Å². The lowest BCUT2D eigenvalue weighted by molar-refractivity contribution is 1.07. The molecule has 0 atom stereocenters. The van der Waals surface area contributed by atoms with E-state index in [2.05, 4.69) is 52.3 Å². The van der Waals surface area contributed by atoms with E-state index in [1.54, 1.807) is 0 Å². The summed E-state index contributed by atoms with van der Waals surface area (Å²) in [6.45, 7) is 0.598. The van der Waals surface area contributed by atoms with Crippen molar-refractivity contribution in [3.63, 3.8) is 0 Å². The largest absolute Gasteiger partial charge is 0.326 e. The molecule has 2 rings (SSSR count). The van der Waals surface area contributed by atoms with Gasteiger partial charge in [-0.25, -0.2) is 0 Å². The van der Waals surface area contributed by atoms with Gasteiger partial charge >= 0.3 is 0 Å². The van der Waals surface area contributed by atoms with Crippen LogP contribution in [0, 0.1) is 0 Å². The van der Waals surface area contributed by atoms with Crippen LogP contribution in [0.5, 0.6) is 0 Å². The number of hydrogen-bond donors (Lipinski definition) is 1. The average molecular weight is 299 g/mol. The summed E-state index contributed by atoms with van der Waals surface area (Å²) in [6, 6.07) is 16.6. The van der Waals surface area contributed by atoms with Crippen LogP contribution in [0.25, 0.3) is 11.1 Å². The normalized spacial score (nSPS) is 9.62. The molecule has 0 saturated heterocycles. The van der Waals surface area contributed by atoms with E-state index in [1.807, 2.05) is 12.1 Å². The highest BCUT2D eigenvalue weighted by atomic mass is 79.9. The van der Waals surface area contributed by atoms with E-state index in [4.69, 9.17) is 5.73 Å². The summed E-state index contributed by atoms with van der Waals surface area (Å²) in [5.74, 6) is 0. The van der Waals surface area contributed by atoms with Crippen LogP contribution in [0.4, 0.5) is 0 Å². The van der Waals surface area contributed by atoms with Gasteiger partial charge in [-0.15, -0.1) is 12.4 Å². The van der Waals surface area contributed by atoms with Gasteiger partial charge in [0, 0.05) is 11.0 Å². The van der Waals surface area contributed by atoms with Crippen molar-refractivity contribution in [3.8, 4) is 11.1 Å². The molecular weight excluding hydrogens is 286 g/mol. The molecule has 0 spiro atoms. The molecule has 1 nitrogen and oxygen atoms in total. The van der Waals surface area contributed by atoms with Crippen molar-refractivity contribution in [1.29, 1.82) is 0 Å². The second kappa shape index (κ2) is 6.04. The van der Waals surface area contributed by atoms with Gasteiger partial charge in [-0.2, -0.15) is 0 Å². The molecule has 2 aromatic rings. The molecule has 0 unspecified atom stereocenters. The van der Waals surface area contributed by atoms with Gasteiger partial charge in [0.05, 0.1) is 0 Å². The first-order valence-corrected chi connectivity index (χ1v) is 5.64. The molecule has 0 radical (unpaired) electrons. The van der Waals surface area contributed by atoms with Gasteiger partial charge in [-0.3, -0.25) is 0 Å². The van der Waals surface area contributed by atoms with Crippen molar-refractivity contribution in [2.45, 2.75) is 6.54 Å². The van der Waals surface area contributed by atoms with E-state index in [0.717, 1.165) is 10.0 Å². The van der Waals surface area contributed by atoms with E-state index in [1.165, 1.54) is 11.1 Å². The Labute approximate surface area is 110 Å². The highest BCUT2D eigenvalue weighted by molar-refractivity contribution is 9.10. The highest BCUT2D eigenvalue weighted by Crippen LogP contribution is 2.21. The summed E-state index contributed by atoms with van der Waals surface area (Å²) >= 11 is 3.42. The molecular formula is C13H13BrClN. The fraction of sp³-hybridized carbons (Fsp3) is 0.0769. The number of nitrogens with two attached hydrogens (primary N) is 1. The number of rotatable bonds is 2. The minimum absolute atomic E-state index is 0. The summed E-state index contributed by atoms with van der Waals surface area (Å²) < 4.78 is 1.10. The molecule has 0 heterocycles. The van der Waals surface area contributed by atoms with Crippen molar-refractivity contribution in [2.24, 2.45) is 5.73 Å². The molecule has 2 aromatic carbocycles. The second-order valence-corrected chi connectivity index (χ2v) is 4.32. The van der Waals surface area contributed by atoms with Gasteiger partial charge < -0.3 is 5.73 Å². The van der Waals surface area contributed by atoms with Gasteiger partial charge in [0.2, 0.25) is 0 Å². The maximum absolute atomic E-state index is 5.55. The van der Waals surface area contributed by atoms with Crippen LogP contribution in [0.1, 0.15) is 5.56 Å². The average Bonchev–Trinajstić information content (AvgIpc) is 2.30. The Morgan fingerprint density at radius 1 is 0.812 bits per heavy atom. The number of benzene rings is 2. The molecule has 0 aliphatic carbocycles. The van der Waals surface area contributed by atoms with E-state index >= 15 is 0 Å². The van der Waals surface area contributed by atoms with E-state index in [9.17, 15) is 0 Å². The predicted octanol–water partition coefficient (Wildman–Crippen LogP) is 4.00. The van der Waals surface area contributed by atoms with Gasteiger partial charge in [0.25, 0.3) is 0 Å². The first kappa shape index (κ1) is 13.2. The molecule has 2 N–H and O–H groups in total. The van der Waals surface area contributed by atoms with Crippen LogP contribution >= 0.6 is 28.3 Å². The van der Waals surface area contributed by atoms with Crippen LogP contribution < -0.4 is 5.73 Å². The van der Waals surface area contributed by atoms with Crippen molar-refractivity contribution in [2.75, 3.05) is 0 Å². The number of halogens is 2. The Morgan fingerprint density at radius 3 is 1.69 bits per heavy atom. The first-order chi connectivity index (χ1) is 7.29. The molecule has 3 heteroatoms. The van der Waals surface area contributed by atoms with Gasteiger partial charge in [-0.1, -0.05) is 52.3 Å². The topological polar surface area (TPSA) is 26.0 Å². The smallest absolute Gasteiger partial charge is 0.0178 e. The Hall–Kier alpha value is -0.830. The third-order valence-electron chi connectivity index (χ3n) is 2.37. The summed E-state index contributed by atoms with van der Waals surface area (Å²) in [7, 11) is 0. The van der Waals surface area contributed by atoms with Crippen molar-refractivity contribution >= 4 is 28.3 Å². The van der Waals surface area contributed by atoms with Crippen LogP contribution in [0.2, 0.25) is 0 Å². The van der Waals surface area contributed by atoms with Crippen molar-refractivity contribution in [1.82, 2.24) is 0 Å². The van der Waals surface area contributed by atoms with Gasteiger partial charge in [-0.05, 0) is 28.8 Å². The minimum Gasteiger partial charge on any atom is -0.326 e. The fourth-order valence-corrected chi connectivity index (χ4v) is 1.74. The minimum atomic E-state index is 0. The lowest BCUT2D eigenvalue weighted by atomic mass is 10.0. The Balaban J connectivity index is 0.00000128. The molecule has 84 valence electrons. The SMILES string of the molecule is Cl.NCc1ccc(-c2ccc(Br)cc2)cc1. The second-order valence-electron chi connectivity index (χ2n) is 3.41. The highest BCUT2D eigenvalue weighted by Gasteiger charge is 1.97. The van der Waals surface area contributed by atoms with Gasteiger partial charge in [0.15, 0.2) is 0 Å². The Kier molecular flexibility index (Phi) is 5.00. The molecule has 16 heavy (non-hydrogen) atoms. The van der Waals surface area contributed by atoms with Crippen LogP contribution in [0.3, 0.4) is 0 Å². The third-order valence-corrected chi connectivity index (χ3v) is 2.90. The fourth-order valence-electron chi connectivity index (χ4n) is 1.48. The third kappa shape index (κ3) is 3.08. The van der Waals surface area contributed by atoms with Crippen LogP contribution in [-0.2, 0) is 6.54 Å². The van der Waals surface area contributed by atoms with E-state index in [0.29, 0.717) is 6.54 Å². The van der Waals surface area contributed by atoms with Crippen molar-refractivity contribution in [3.05, 3.63) is 58.6 Å². The van der Waals surface area contributed by atoms with Crippen LogP contribution in [0.15, 0.2) is 53.0 Å². The molecule has 0 aliphatic rings. The monoisotopic (exact) mass is 297 g/mol. The zero-order valence-corrected chi connectivity index (χ0v) is 11.1. The summed E-state index contributed by atoms with van der Waals surface area (Å²) in [5.41, 5.74) is 9.16. The standard InChI is InChI=1S/C13H12BrN.ClH/c14-13-7-5-12(6-8-13)11-3-1-10(9-15)2-4-11;/h1-8H,9,15H2;1H. The Bertz CT molecular complexity index is 436. The van der Waals surface area contributed by atoms with Crippen LogP contribution in [-0.4, -0.2) is 0 Å². The first-order valence-electron chi connectivity index (χ1n) is 4.84. The van der Waals surface area contributed by atoms with Gasteiger partial charge in [0.1, 0.15) is 0 Å². The Morgan fingerprint density at radius 2 is 1.25 bits per heavy atom. The summed E-state index contributed by atoms with van der Waals surface area (Å²) in [5, 5.41) is 0. The zero-order valence-electron chi connectivity index (χ0n) is 8.69. The molecule has 0 bridgehead atoms. The van der Waals surface area contributed by atoms with E-state index < -0.39 is 0 Å². The predicted molar refractivity (Wildman–Crippen MR) is 74.7 cm³/mol. The maximum Gasteiger partial charge on any atom is 0.0178 e. The summed E-state index contributed by atoms with van der Waals surface area (Å²) in [6.07, 6.45) is 0. The lowest BCUT2D eigenvalue weighted by Gasteiger charge is -2.03. The zero-order chi connectivity index (χ0) is 10.7. The quantitative estimate of drug-likeness (QED) is 0.891. The molecule has 0 fully saturated rings. The molecule has 0 aliphatic heterocycles. The lowest BCUT2D eigenvalue weighted by Crippen LogP contribution is -1.95. The summed E-state index contributed by atoms with van der Waals surface area (Å²) in [4.78, 5) is 0. The number of hydrogen-bond acceptors (Lipinski definition) is 1. The maximum atomic E-state index is 5.55. The molecule has 0 amide bonds.